The number of nitriles is 1. The first-order chi connectivity index (χ1) is 14.7. The summed E-state index contributed by atoms with van der Waals surface area (Å²) in [5.41, 5.74) is 1.54. The maximum atomic E-state index is 13.2. The van der Waals surface area contributed by atoms with Crippen LogP contribution in [0.2, 0.25) is 0 Å². The fourth-order valence-electron chi connectivity index (χ4n) is 4.05. The molecular formula is C23H24N4O2S. The van der Waals surface area contributed by atoms with Gasteiger partial charge in [-0.1, -0.05) is 37.6 Å². The molecule has 6 nitrogen and oxygen atoms in total. The van der Waals surface area contributed by atoms with Crippen molar-refractivity contribution in [3.8, 4) is 6.07 Å². The summed E-state index contributed by atoms with van der Waals surface area (Å²) in [5, 5.41) is 12.7. The predicted molar refractivity (Wildman–Crippen MR) is 120 cm³/mol. The molecule has 1 fully saturated rings. The van der Waals surface area contributed by atoms with E-state index in [2.05, 4.69) is 17.9 Å². The third-order valence-electron chi connectivity index (χ3n) is 5.61. The second-order valence-electron chi connectivity index (χ2n) is 7.42. The lowest BCUT2D eigenvalue weighted by atomic mass is 10.1. The van der Waals surface area contributed by atoms with Crippen LogP contribution in [0.1, 0.15) is 35.0 Å². The number of hydrogen-bond acceptors (Lipinski definition) is 5. The van der Waals surface area contributed by atoms with Crippen molar-refractivity contribution in [1.29, 1.82) is 5.26 Å². The van der Waals surface area contributed by atoms with Crippen LogP contribution in [0, 0.1) is 11.3 Å². The van der Waals surface area contributed by atoms with Gasteiger partial charge in [0.05, 0.1) is 16.1 Å². The molecule has 0 unspecified atom stereocenters. The number of carbonyl (C=O) groups is 1. The molecule has 2 aromatic heterocycles. The van der Waals surface area contributed by atoms with Crippen molar-refractivity contribution in [3.05, 3.63) is 62.6 Å². The largest absolute Gasteiger partial charge is 0.366 e. The lowest BCUT2D eigenvalue weighted by molar-refractivity contribution is 0.0751. The normalized spacial score (nSPS) is 14.1. The molecule has 1 aliphatic heterocycles. The monoisotopic (exact) mass is 420 g/mol. The number of aromatic nitrogens is 1. The molecule has 154 valence electrons. The Labute approximate surface area is 179 Å². The summed E-state index contributed by atoms with van der Waals surface area (Å²) in [6.07, 6.45) is 1.86. The molecule has 1 aromatic carbocycles. The average Bonchev–Trinajstić information content (AvgIpc) is 3.32. The Bertz CT molecular complexity index is 1150. The van der Waals surface area contributed by atoms with Crippen LogP contribution in [0.15, 0.2) is 46.6 Å². The van der Waals surface area contributed by atoms with Gasteiger partial charge in [0, 0.05) is 38.1 Å². The standard InChI is InChI=1S/C23H24N4O2S/c1-2-3-10-27-19-8-5-4-7-17(19)21(18(16-24)22(27)28)25-11-13-26(14-12-25)23(29)20-9-6-15-30-20/h4-9,15H,2-3,10-14H2,1H3. The zero-order chi connectivity index (χ0) is 21.1. The Hall–Kier alpha value is -3.11. The van der Waals surface area contributed by atoms with Gasteiger partial charge in [0.15, 0.2) is 0 Å². The number of benzene rings is 1. The number of nitrogens with zero attached hydrogens (tertiary/aromatic N) is 4. The fraction of sp³-hybridized carbons (Fsp3) is 0.348. The molecule has 4 rings (SSSR count). The number of rotatable bonds is 5. The summed E-state index contributed by atoms with van der Waals surface area (Å²) in [6.45, 7) is 5.00. The van der Waals surface area contributed by atoms with Crippen molar-refractivity contribution in [1.82, 2.24) is 9.47 Å². The second-order valence-corrected chi connectivity index (χ2v) is 8.37. The van der Waals surface area contributed by atoms with Crippen LogP contribution in [0.25, 0.3) is 10.9 Å². The number of piperazine rings is 1. The Balaban J connectivity index is 1.69. The molecule has 0 radical (unpaired) electrons. The van der Waals surface area contributed by atoms with Crippen molar-refractivity contribution in [2.24, 2.45) is 0 Å². The molecule has 0 bridgehead atoms. The molecule has 7 heteroatoms. The van der Waals surface area contributed by atoms with Gasteiger partial charge < -0.3 is 14.4 Å². The summed E-state index contributed by atoms with van der Waals surface area (Å²) >= 11 is 1.45. The van der Waals surface area contributed by atoms with Crippen LogP contribution < -0.4 is 10.5 Å². The van der Waals surface area contributed by atoms with Gasteiger partial charge in [-0.05, 0) is 23.9 Å². The van der Waals surface area contributed by atoms with Gasteiger partial charge in [-0.2, -0.15) is 5.26 Å². The lowest BCUT2D eigenvalue weighted by Crippen LogP contribution is -2.49. The molecule has 0 saturated carbocycles. The molecule has 30 heavy (non-hydrogen) atoms. The van der Waals surface area contributed by atoms with Gasteiger partial charge in [0.2, 0.25) is 0 Å². The quantitative estimate of drug-likeness (QED) is 0.631. The topological polar surface area (TPSA) is 69.3 Å². The number of anilines is 1. The van der Waals surface area contributed by atoms with E-state index in [1.807, 2.05) is 46.7 Å². The van der Waals surface area contributed by atoms with Gasteiger partial charge in [-0.25, -0.2) is 0 Å². The molecule has 0 atom stereocenters. The van der Waals surface area contributed by atoms with E-state index in [9.17, 15) is 14.9 Å². The number of hydrogen-bond donors (Lipinski definition) is 0. The maximum absolute atomic E-state index is 13.2. The van der Waals surface area contributed by atoms with E-state index in [0.29, 0.717) is 38.4 Å². The molecule has 0 N–H and O–H groups in total. The van der Waals surface area contributed by atoms with E-state index in [0.717, 1.165) is 28.6 Å². The second kappa shape index (κ2) is 8.72. The van der Waals surface area contributed by atoms with Crippen molar-refractivity contribution < 1.29 is 4.79 Å². The fourth-order valence-corrected chi connectivity index (χ4v) is 4.74. The SMILES string of the molecule is CCCCn1c(=O)c(C#N)c(N2CCN(C(=O)c3cccs3)CC2)c2ccccc21. The molecule has 0 aliphatic carbocycles. The molecule has 3 aromatic rings. The van der Waals surface area contributed by atoms with Crippen LogP contribution in [0.4, 0.5) is 5.69 Å². The number of aryl methyl sites for hydroxylation is 1. The first kappa shape index (κ1) is 20.2. The van der Waals surface area contributed by atoms with E-state index < -0.39 is 0 Å². The smallest absolute Gasteiger partial charge is 0.271 e. The number of thiophene rings is 1. The number of carbonyl (C=O) groups excluding carboxylic acids is 1. The number of fused-ring (bicyclic) bond motifs is 1. The Morgan fingerprint density at radius 2 is 1.90 bits per heavy atom. The number of pyridine rings is 1. The van der Waals surface area contributed by atoms with Crippen molar-refractivity contribution in [3.63, 3.8) is 0 Å². The molecule has 1 saturated heterocycles. The van der Waals surface area contributed by atoms with Gasteiger partial charge in [-0.15, -0.1) is 11.3 Å². The van der Waals surface area contributed by atoms with Crippen molar-refractivity contribution >= 4 is 33.8 Å². The van der Waals surface area contributed by atoms with E-state index in [1.165, 1.54) is 11.3 Å². The van der Waals surface area contributed by atoms with Crippen LogP contribution >= 0.6 is 11.3 Å². The third-order valence-corrected chi connectivity index (χ3v) is 6.47. The third kappa shape index (κ3) is 3.59. The molecule has 0 spiro atoms. The zero-order valence-corrected chi connectivity index (χ0v) is 17.8. The van der Waals surface area contributed by atoms with E-state index in [4.69, 9.17) is 0 Å². The molecule has 1 amide bonds. The Morgan fingerprint density at radius 3 is 2.57 bits per heavy atom. The summed E-state index contributed by atoms with van der Waals surface area (Å²) < 4.78 is 1.73. The summed E-state index contributed by atoms with van der Waals surface area (Å²) in [6, 6.07) is 13.7. The maximum Gasteiger partial charge on any atom is 0.271 e. The highest BCUT2D eigenvalue weighted by molar-refractivity contribution is 7.12. The highest BCUT2D eigenvalue weighted by Gasteiger charge is 2.27. The van der Waals surface area contributed by atoms with Gasteiger partial charge >= 0.3 is 0 Å². The van der Waals surface area contributed by atoms with E-state index in [1.54, 1.807) is 4.57 Å². The first-order valence-corrected chi connectivity index (χ1v) is 11.2. The van der Waals surface area contributed by atoms with Crippen molar-refractivity contribution in [2.45, 2.75) is 26.3 Å². The minimum atomic E-state index is -0.225. The summed E-state index contributed by atoms with van der Waals surface area (Å²) in [5.74, 6) is 0.0463. The van der Waals surface area contributed by atoms with Crippen LogP contribution in [0.5, 0.6) is 0 Å². The highest BCUT2D eigenvalue weighted by atomic mass is 32.1. The van der Waals surface area contributed by atoms with Crippen LogP contribution in [-0.4, -0.2) is 41.6 Å². The minimum absolute atomic E-state index is 0.0463. The number of unbranched alkanes of at least 4 members (excludes halogenated alkanes) is 1. The molecule has 3 heterocycles. The van der Waals surface area contributed by atoms with Crippen LogP contribution in [0.3, 0.4) is 0 Å². The summed E-state index contributed by atoms with van der Waals surface area (Å²) in [7, 11) is 0. The minimum Gasteiger partial charge on any atom is -0.366 e. The van der Waals surface area contributed by atoms with Gasteiger partial charge in [-0.3, -0.25) is 9.59 Å². The number of amides is 1. The Kier molecular flexibility index (Phi) is 5.86. The van der Waals surface area contributed by atoms with E-state index in [-0.39, 0.29) is 17.0 Å². The van der Waals surface area contributed by atoms with Gasteiger partial charge in [0.25, 0.3) is 11.5 Å². The average molecular weight is 421 g/mol. The van der Waals surface area contributed by atoms with Crippen LogP contribution in [-0.2, 0) is 6.54 Å². The van der Waals surface area contributed by atoms with Crippen molar-refractivity contribution in [2.75, 3.05) is 31.1 Å². The lowest BCUT2D eigenvalue weighted by Gasteiger charge is -2.37. The highest BCUT2D eigenvalue weighted by Crippen LogP contribution is 2.30. The predicted octanol–water partition coefficient (Wildman–Crippen LogP) is 3.70. The number of para-hydroxylation sites is 1. The molecular weight excluding hydrogens is 396 g/mol. The summed E-state index contributed by atoms with van der Waals surface area (Å²) in [4.78, 5) is 30.5. The zero-order valence-electron chi connectivity index (χ0n) is 17.0. The van der Waals surface area contributed by atoms with Gasteiger partial charge in [0.1, 0.15) is 11.6 Å². The first-order valence-electron chi connectivity index (χ1n) is 10.3. The van der Waals surface area contributed by atoms with E-state index >= 15 is 0 Å². The Morgan fingerprint density at radius 1 is 1.13 bits per heavy atom. The molecule has 1 aliphatic rings.